The van der Waals surface area contributed by atoms with Gasteiger partial charge in [-0.15, -0.1) is 0 Å². The summed E-state index contributed by atoms with van der Waals surface area (Å²) in [6.07, 6.45) is 1.12. The first kappa shape index (κ1) is 19.7. The highest BCUT2D eigenvalue weighted by molar-refractivity contribution is 9.10. The van der Waals surface area contributed by atoms with Crippen LogP contribution < -0.4 is 10.6 Å². The van der Waals surface area contributed by atoms with E-state index in [-0.39, 0.29) is 17.3 Å². The second kappa shape index (κ2) is 8.33. The number of nitriles is 1. The number of anilines is 1. The zero-order valence-corrected chi connectivity index (χ0v) is 16.4. The van der Waals surface area contributed by atoms with Gasteiger partial charge in [-0.2, -0.15) is 5.26 Å². The number of nitrogens with two attached hydrogens (primary N) is 1. The Bertz CT molecular complexity index is 935. The van der Waals surface area contributed by atoms with Crippen molar-refractivity contribution < 1.29 is 9.72 Å². The van der Waals surface area contributed by atoms with E-state index in [0.717, 1.165) is 22.3 Å². The average molecular weight is 445 g/mol. The molecule has 0 saturated carbocycles. The van der Waals surface area contributed by atoms with Gasteiger partial charge >= 0.3 is 0 Å². The maximum absolute atomic E-state index is 11.7. The summed E-state index contributed by atoms with van der Waals surface area (Å²) in [6.45, 7) is 2.18. The normalized spacial score (nSPS) is 15.6. The fraction of sp³-hybridized carbons (Fsp3) is 0.278. The van der Waals surface area contributed by atoms with E-state index in [2.05, 4.69) is 31.9 Å². The summed E-state index contributed by atoms with van der Waals surface area (Å²) in [5.74, 6) is -0.437. The van der Waals surface area contributed by atoms with Crippen LogP contribution >= 0.6 is 15.9 Å². The van der Waals surface area contributed by atoms with Gasteiger partial charge in [-0.25, -0.2) is 4.98 Å². The van der Waals surface area contributed by atoms with Crippen LogP contribution in [-0.2, 0) is 0 Å². The summed E-state index contributed by atoms with van der Waals surface area (Å²) >= 11 is 3.39. The van der Waals surface area contributed by atoms with E-state index < -0.39 is 10.8 Å². The van der Waals surface area contributed by atoms with Gasteiger partial charge in [0.15, 0.2) is 0 Å². The predicted molar refractivity (Wildman–Crippen MR) is 106 cm³/mol. The molecule has 1 aliphatic rings. The number of pyridine rings is 1. The number of rotatable bonds is 5. The Labute approximate surface area is 169 Å². The summed E-state index contributed by atoms with van der Waals surface area (Å²) in [7, 11) is 0. The SMILES string of the molecule is N#C[C@@H](c1ccc(Br)cc1)N1CCN(c2ncc([N+](=O)[O-])cc2C(N)=O)CC1. The lowest BCUT2D eigenvalue weighted by atomic mass is 10.1. The van der Waals surface area contributed by atoms with E-state index in [4.69, 9.17) is 5.73 Å². The molecule has 0 spiro atoms. The molecule has 3 rings (SSSR count). The standard InChI is InChI=1S/C18H17BrN6O3/c19-13-3-1-12(2-4-13)16(10-20)23-5-7-24(8-6-23)18-15(17(21)26)9-14(11-22-18)25(27)28/h1-4,9,11,16H,5-8H2,(H2,21,26)/t16-/m0/s1. The Morgan fingerprint density at radius 2 is 1.93 bits per heavy atom. The first-order valence-electron chi connectivity index (χ1n) is 8.49. The molecule has 1 amide bonds. The molecule has 0 radical (unpaired) electrons. The Hall–Kier alpha value is -3.03. The molecule has 1 aliphatic heterocycles. The number of amides is 1. The molecule has 0 aliphatic carbocycles. The van der Waals surface area contributed by atoms with Crippen molar-refractivity contribution in [3.63, 3.8) is 0 Å². The Morgan fingerprint density at radius 1 is 1.29 bits per heavy atom. The maximum atomic E-state index is 11.7. The van der Waals surface area contributed by atoms with Crippen LogP contribution in [0.2, 0.25) is 0 Å². The quantitative estimate of drug-likeness (QED) is 0.552. The van der Waals surface area contributed by atoms with Crippen LogP contribution in [0.3, 0.4) is 0 Å². The molecule has 1 fully saturated rings. The summed E-state index contributed by atoms with van der Waals surface area (Å²) in [5, 5.41) is 20.6. The summed E-state index contributed by atoms with van der Waals surface area (Å²) in [6, 6.07) is 10.7. The van der Waals surface area contributed by atoms with Crippen molar-refractivity contribution in [1.29, 1.82) is 5.26 Å². The second-order valence-corrected chi connectivity index (χ2v) is 7.21. The van der Waals surface area contributed by atoms with Crippen molar-refractivity contribution in [2.24, 2.45) is 5.73 Å². The highest BCUT2D eigenvalue weighted by atomic mass is 79.9. The van der Waals surface area contributed by atoms with Crippen molar-refractivity contribution in [1.82, 2.24) is 9.88 Å². The van der Waals surface area contributed by atoms with E-state index >= 15 is 0 Å². The van der Waals surface area contributed by atoms with E-state index in [0.29, 0.717) is 32.0 Å². The number of hydrogen-bond donors (Lipinski definition) is 1. The van der Waals surface area contributed by atoms with Crippen molar-refractivity contribution in [2.45, 2.75) is 6.04 Å². The van der Waals surface area contributed by atoms with Crippen molar-refractivity contribution >= 4 is 33.3 Å². The molecule has 2 N–H and O–H groups in total. The smallest absolute Gasteiger partial charge is 0.288 e. The summed E-state index contributed by atoms with van der Waals surface area (Å²) < 4.78 is 0.945. The third-order valence-corrected chi connectivity index (χ3v) is 5.14. The van der Waals surface area contributed by atoms with Crippen LogP contribution in [0.25, 0.3) is 0 Å². The molecule has 10 heteroatoms. The molecular formula is C18H17BrN6O3. The highest BCUT2D eigenvalue weighted by Crippen LogP contribution is 2.27. The first-order chi connectivity index (χ1) is 13.4. The van der Waals surface area contributed by atoms with E-state index in [1.165, 1.54) is 0 Å². The van der Waals surface area contributed by atoms with E-state index in [9.17, 15) is 20.2 Å². The van der Waals surface area contributed by atoms with Crippen LogP contribution in [0, 0.1) is 21.4 Å². The monoisotopic (exact) mass is 444 g/mol. The number of halogens is 1. The topological polar surface area (TPSA) is 129 Å². The van der Waals surface area contributed by atoms with Crippen LogP contribution in [-0.4, -0.2) is 46.9 Å². The first-order valence-corrected chi connectivity index (χ1v) is 9.28. The van der Waals surface area contributed by atoms with E-state index in [1.807, 2.05) is 29.2 Å². The number of carbonyl (C=O) groups excluding carboxylic acids is 1. The van der Waals surface area contributed by atoms with Gasteiger partial charge in [-0.3, -0.25) is 19.8 Å². The minimum Gasteiger partial charge on any atom is -0.365 e. The molecule has 1 aromatic heterocycles. The number of piperazine rings is 1. The van der Waals surface area contributed by atoms with Gasteiger partial charge in [0.05, 0.1) is 16.6 Å². The third-order valence-electron chi connectivity index (χ3n) is 4.62. The highest BCUT2D eigenvalue weighted by Gasteiger charge is 2.28. The number of nitro groups is 1. The number of nitrogens with zero attached hydrogens (tertiary/aromatic N) is 5. The van der Waals surface area contributed by atoms with Crippen molar-refractivity contribution in [3.05, 3.63) is 62.2 Å². The third kappa shape index (κ3) is 4.11. The van der Waals surface area contributed by atoms with Gasteiger partial charge < -0.3 is 10.6 Å². The van der Waals surface area contributed by atoms with Gasteiger partial charge in [0.2, 0.25) is 0 Å². The maximum Gasteiger partial charge on any atom is 0.288 e. The molecule has 2 aromatic rings. The molecule has 2 heterocycles. The van der Waals surface area contributed by atoms with Crippen LogP contribution in [0.1, 0.15) is 22.0 Å². The molecule has 28 heavy (non-hydrogen) atoms. The molecule has 0 bridgehead atoms. The number of primary amides is 1. The molecule has 1 saturated heterocycles. The fourth-order valence-corrected chi connectivity index (χ4v) is 3.45. The number of aromatic nitrogens is 1. The average Bonchev–Trinajstić information content (AvgIpc) is 2.70. The molecule has 144 valence electrons. The molecule has 1 aromatic carbocycles. The second-order valence-electron chi connectivity index (χ2n) is 6.29. The largest absolute Gasteiger partial charge is 0.365 e. The molecule has 9 nitrogen and oxygen atoms in total. The molecule has 1 atom stereocenters. The number of carbonyl (C=O) groups is 1. The Balaban J connectivity index is 1.76. The number of benzene rings is 1. The zero-order chi connectivity index (χ0) is 20.3. The van der Waals surface area contributed by atoms with Gasteiger partial charge in [-0.1, -0.05) is 28.1 Å². The minimum atomic E-state index is -0.765. The molecule has 0 unspecified atom stereocenters. The minimum absolute atomic E-state index is 0.0207. The lowest BCUT2D eigenvalue weighted by Crippen LogP contribution is -2.48. The van der Waals surface area contributed by atoms with Crippen LogP contribution in [0.4, 0.5) is 11.5 Å². The lowest BCUT2D eigenvalue weighted by Gasteiger charge is -2.38. The zero-order valence-electron chi connectivity index (χ0n) is 14.8. The van der Waals surface area contributed by atoms with Gasteiger partial charge in [0.25, 0.3) is 11.6 Å². The van der Waals surface area contributed by atoms with Crippen LogP contribution in [0.5, 0.6) is 0 Å². The number of hydrogen-bond acceptors (Lipinski definition) is 7. The van der Waals surface area contributed by atoms with Gasteiger partial charge in [0.1, 0.15) is 18.1 Å². The van der Waals surface area contributed by atoms with Gasteiger partial charge in [-0.05, 0) is 17.7 Å². The Morgan fingerprint density at radius 3 is 2.46 bits per heavy atom. The Kier molecular flexibility index (Phi) is 5.87. The summed E-state index contributed by atoms with van der Waals surface area (Å²) in [4.78, 5) is 30.1. The lowest BCUT2D eigenvalue weighted by molar-refractivity contribution is -0.385. The molecular weight excluding hydrogens is 428 g/mol. The van der Waals surface area contributed by atoms with E-state index in [1.54, 1.807) is 0 Å². The fourth-order valence-electron chi connectivity index (χ4n) is 3.18. The predicted octanol–water partition coefficient (Wildman–Crippen LogP) is 2.24. The van der Waals surface area contributed by atoms with Crippen molar-refractivity contribution in [2.75, 3.05) is 31.1 Å². The van der Waals surface area contributed by atoms with Gasteiger partial charge in [0, 0.05) is 36.7 Å². The van der Waals surface area contributed by atoms with Crippen LogP contribution in [0.15, 0.2) is 41.0 Å². The summed E-state index contributed by atoms with van der Waals surface area (Å²) in [5.41, 5.74) is 6.04. The van der Waals surface area contributed by atoms with Crippen molar-refractivity contribution in [3.8, 4) is 6.07 Å².